The Balaban J connectivity index is 1.85. The molecule has 0 radical (unpaired) electrons. The van der Waals surface area contributed by atoms with Crippen molar-refractivity contribution < 1.29 is 18.7 Å². The Labute approximate surface area is 120 Å². The smallest absolute Gasteiger partial charge is 0.302 e. The maximum absolute atomic E-state index is 11.6. The largest absolute Gasteiger partial charge is 0.466 e. The second kappa shape index (κ2) is 10.2. The summed E-state index contributed by atoms with van der Waals surface area (Å²) in [5.41, 5.74) is 0. The lowest BCUT2D eigenvalue weighted by atomic mass is 10.1. The summed E-state index contributed by atoms with van der Waals surface area (Å²) in [6.45, 7) is 1.97. The molecule has 0 aliphatic carbocycles. The van der Waals surface area contributed by atoms with E-state index in [0.29, 0.717) is 18.8 Å². The molecule has 0 saturated carbocycles. The molecule has 4 heteroatoms. The van der Waals surface area contributed by atoms with Gasteiger partial charge in [0.25, 0.3) is 0 Å². The molecular weight excluding hydrogens is 256 g/mol. The number of esters is 1. The molecule has 1 heterocycles. The van der Waals surface area contributed by atoms with E-state index in [1.807, 2.05) is 0 Å². The number of furan rings is 1. The highest BCUT2D eigenvalue weighted by molar-refractivity contribution is 5.93. The number of ketones is 1. The number of rotatable bonds is 11. The number of ether oxygens (including phenoxy) is 1. The summed E-state index contributed by atoms with van der Waals surface area (Å²) in [6, 6.07) is 3.45. The van der Waals surface area contributed by atoms with Gasteiger partial charge >= 0.3 is 5.97 Å². The highest BCUT2D eigenvalue weighted by atomic mass is 16.5. The molecule has 0 unspecified atom stereocenters. The van der Waals surface area contributed by atoms with E-state index >= 15 is 0 Å². The van der Waals surface area contributed by atoms with E-state index in [9.17, 15) is 9.59 Å². The highest BCUT2D eigenvalue weighted by Gasteiger charge is 2.07. The van der Waals surface area contributed by atoms with Crippen molar-refractivity contribution in [1.82, 2.24) is 0 Å². The third kappa shape index (κ3) is 7.77. The maximum Gasteiger partial charge on any atom is 0.302 e. The molecule has 4 nitrogen and oxygen atoms in total. The first kappa shape index (κ1) is 16.5. The summed E-state index contributed by atoms with van der Waals surface area (Å²) in [5.74, 6) is 0.359. The van der Waals surface area contributed by atoms with Crippen LogP contribution in [0.4, 0.5) is 0 Å². The quantitative estimate of drug-likeness (QED) is 0.347. The van der Waals surface area contributed by atoms with Crippen LogP contribution in [0.1, 0.15) is 68.8 Å². The highest BCUT2D eigenvalue weighted by Crippen LogP contribution is 2.11. The lowest BCUT2D eigenvalue weighted by molar-refractivity contribution is -0.141. The Morgan fingerprint density at radius 1 is 1.05 bits per heavy atom. The molecule has 0 amide bonds. The second-order valence-electron chi connectivity index (χ2n) is 4.97. The van der Waals surface area contributed by atoms with Crippen molar-refractivity contribution in [1.29, 1.82) is 0 Å². The fraction of sp³-hybridized carbons (Fsp3) is 0.625. The van der Waals surface area contributed by atoms with Gasteiger partial charge in [-0.25, -0.2) is 0 Å². The van der Waals surface area contributed by atoms with Crippen LogP contribution in [0.3, 0.4) is 0 Å². The van der Waals surface area contributed by atoms with Crippen LogP contribution >= 0.6 is 0 Å². The van der Waals surface area contributed by atoms with Gasteiger partial charge in [-0.1, -0.05) is 32.1 Å². The summed E-state index contributed by atoms with van der Waals surface area (Å²) in [4.78, 5) is 22.2. The van der Waals surface area contributed by atoms with Crippen LogP contribution in [0.15, 0.2) is 22.8 Å². The number of unbranched alkanes of at least 4 members (excludes halogenated alkanes) is 6. The molecule has 0 spiro atoms. The van der Waals surface area contributed by atoms with Crippen molar-refractivity contribution in [2.24, 2.45) is 0 Å². The third-order valence-electron chi connectivity index (χ3n) is 3.15. The summed E-state index contributed by atoms with van der Waals surface area (Å²) in [6.07, 6.45) is 9.63. The number of hydrogen-bond donors (Lipinski definition) is 0. The minimum absolute atomic E-state index is 0.0939. The standard InChI is InChI=1S/C16H24O4/c1-14(17)19-12-8-6-4-2-3-5-7-10-15(18)16-11-9-13-20-16/h9,11,13H,2-8,10,12H2,1H3. The van der Waals surface area contributed by atoms with Crippen LogP contribution in [0, 0.1) is 0 Å². The van der Waals surface area contributed by atoms with E-state index < -0.39 is 0 Å². The van der Waals surface area contributed by atoms with E-state index in [4.69, 9.17) is 9.15 Å². The lowest BCUT2D eigenvalue weighted by Crippen LogP contribution is -2.00. The van der Waals surface area contributed by atoms with Crippen LogP contribution in [0.2, 0.25) is 0 Å². The molecule has 0 N–H and O–H groups in total. The molecule has 1 aromatic rings. The molecule has 0 aliphatic rings. The molecule has 0 fully saturated rings. The number of Topliss-reactive ketones (excluding diaryl/α,β-unsaturated/α-hetero) is 1. The van der Waals surface area contributed by atoms with Gasteiger partial charge in [-0.15, -0.1) is 0 Å². The molecule has 0 bridgehead atoms. The molecule has 0 aromatic carbocycles. The Bertz CT molecular complexity index is 381. The molecule has 112 valence electrons. The number of carbonyl (C=O) groups is 2. The molecule has 1 aromatic heterocycles. The van der Waals surface area contributed by atoms with Crippen LogP contribution in [0.25, 0.3) is 0 Å². The van der Waals surface area contributed by atoms with E-state index in [0.717, 1.165) is 38.5 Å². The van der Waals surface area contributed by atoms with Gasteiger partial charge < -0.3 is 9.15 Å². The zero-order valence-corrected chi connectivity index (χ0v) is 12.2. The fourth-order valence-electron chi connectivity index (χ4n) is 2.05. The Kier molecular flexibility index (Phi) is 8.43. The first-order valence-electron chi connectivity index (χ1n) is 7.40. The van der Waals surface area contributed by atoms with Crippen molar-refractivity contribution in [3.63, 3.8) is 0 Å². The van der Waals surface area contributed by atoms with Gasteiger partial charge in [0.15, 0.2) is 11.5 Å². The fourth-order valence-corrected chi connectivity index (χ4v) is 2.05. The minimum Gasteiger partial charge on any atom is -0.466 e. The maximum atomic E-state index is 11.6. The van der Waals surface area contributed by atoms with Crippen LogP contribution in [-0.4, -0.2) is 18.4 Å². The molecule has 0 aliphatic heterocycles. The monoisotopic (exact) mass is 280 g/mol. The zero-order chi connectivity index (χ0) is 14.6. The Morgan fingerprint density at radius 2 is 1.70 bits per heavy atom. The molecule has 1 rings (SSSR count). The SMILES string of the molecule is CC(=O)OCCCCCCCCCC(=O)c1ccco1. The molecule has 0 atom stereocenters. The Hall–Kier alpha value is -1.58. The normalized spacial score (nSPS) is 10.4. The van der Waals surface area contributed by atoms with Gasteiger partial charge in [-0.05, 0) is 25.0 Å². The predicted molar refractivity (Wildman–Crippen MR) is 76.6 cm³/mol. The van der Waals surface area contributed by atoms with Crippen molar-refractivity contribution in [2.45, 2.75) is 58.3 Å². The molecule has 20 heavy (non-hydrogen) atoms. The van der Waals surface area contributed by atoms with Crippen molar-refractivity contribution in [3.05, 3.63) is 24.2 Å². The zero-order valence-electron chi connectivity index (χ0n) is 12.2. The van der Waals surface area contributed by atoms with Crippen LogP contribution < -0.4 is 0 Å². The summed E-state index contributed by atoms with van der Waals surface area (Å²) in [7, 11) is 0. The van der Waals surface area contributed by atoms with E-state index in [1.54, 1.807) is 12.1 Å². The average Bonchev–Trinajstić information content (AvgIpc) is 2.94. The first-order valence-corrected chi connectivity index (χ1v) is 7.40. The Morgan fingerprint density at radius 3 is 2.30 bits per heavy atom. The predicted octanol–water partition coefficient (Wildman–Crippen LogP) is 4.15. The van der Waals surface area contributed by atoms with E-state index in [-0.39, 0.29) is 11.8 Å². The minimum atomic E-state index is -0.203. The van der Waals surface area contributed by atoms with E-state index in [1.165, 1.54) is 19.6 Å². The van der Waals surface area contributed by atoms with Crippen LogP contribution in [-0.2, 0) is 9.53 Å². The van der Waals surface area contributed by atoms with Gasteiger partial charge in [0, 0.05) is 13.3 Å². The van der Waals surface area contributed by atoms with Crippen molar-refractivity contribution in [3.8, 4) is 0 Å². The first-order chi connectivity index (χ1) is 9.70. The van der Waals surface area contributed by atoms with Crippen molar-refractivity contribution in [2.75, 3.05) is 6.61 Å². The average molecular weight is 280 g/mol. The van der Waals surface area contributed by atoms with Gasteiger partial charge in [0.05, 0.1) is 12.9 Å². The van der Waals surface area contributed by atoms with E-state index in [2.05, 4.69) is 0 Å². The lowest BCUT2D eigenvalue weighted by Gasteiger charge is -2.02. The van der Waals surface area contributed by atoms with Gasteiger partial charge in [-0.3, -0.25) is 9.59 Å². The van der Waals surface area contributed by atoms with Crippen molar-refractivity contribution >= 4 is 11.8 Å². The third-order valence-corrected chi connectivity index (χ3v) is 3.15. The summed E-state index contributed by atoms with van der Waals surface area (Å²) in [5, 5.41) is 0. The van der Waals surface area contributed by atoms with Crippen LogP contribution in [0.5, 0.6) is 0 Å². The number of carbonyl (C=O) groups excluding carboxylic acids is 2. The molecular formula is C16H24O4. The topological polar surface area (TPSA) is 56.5 Å². The molecule has 0 saturated heterocycles. The van der Waals surface area contributed by atoms with Gasteiger partial charge in [0.1, 0.15) is 0 Å². The second-order valence-corrected chi connectivity index (χ2v) is 4.97. The summed E-state index contributed by atoms with van der Waals surface area (Å²) < 4.78 is 9.92. The summed E-state index contributed by atoms with van der Waals surface area (Å²) >= 11 is 0. The van der Waals surface area contributed by atoms with Gasteiger partial charge in [-0.2, -0.15) is 0 Å². The number of hydrogen-bond acceptors (Lipinski definition) is 4. The van der Waals surface area contributed by atoms with Gasteiger partial charge in [0.2, 0.25) is 0 Å².